The minimum absolute atomic E-state index is 0.110. The molecule has 0 bridgehead atoms. The Morgan fingerprint density at radius 1 is 1.47 bits per heavy atom. The molecule has 1 amide bonds. The number of aromatic nitrogens is 1. The highest BCUT2D eigenvalue weighted by Gasteiger charge is 2.25. The fourth-order valence-electron chi connectivity index (χ4n) is 2.50. The van der Waals surface area contributed by atoms with E-state index in [9.17, 15) is 9.18 Å². The van der Waals surface area contributed by atoms with E-state index in [1.165, 1.54) is 12.3 Å². The Bertz CT molecular complexity index is 432. The molecule has 1 aliphatic heterocycles. The van der Waals surface area contributed by atoms with Crippen LogP contribution >= 0.6 is 0 Å². The minimum atomic E-state index is -0.465. The van der Waals surface area contributed by atoms with Crippen molar-refractivity contribution in [2.45, 2.75) is 32.2 Å². The van der Waals surface area contributed by atoms with Gasteiger partial charge in [-0.25, -0.2) is 4.39 Å². The van der Waals surface area contributed by atoms with Gasteiger partial charge in [-0.1, -0.05) is 6.92 Å². The number of carbonyl (C=O) groups is 1. The van der Waals surface area contributed by atoms with E-state index < -0.39 is 5.82 Å². The molecule has 4 nitrogen and oxygen atoms in total. The number of hydrogen-bond donors (Lipinski definition) is 1. The average Bonchev–Trinajstić information content (AvgIpc) is 2.45. The van der Waals surface area contributed by atoms with Crippen LogP contribution in [0.15, 0.2) is 18.5 Å². The first-order valence-electron chi connectivity index (χ1n) is 6.84. The quantitative estimate of drug-likeness (QED) is 0.903. The topological polar surface area (TPSA) is 45.2 Å². The summed E-state index contributed by atoms with van der Waals surface area (Å²) < 4.78 is 13.2. The van der Waals surface area contributed by atoms with Crippen molar-refractivity contribution < 1.29 is 9.18 Å². The van der Waals surface area contributed by atoms with Gasteiger partial charge in [0.25, 0.3) is 5.91 Å². The second-order valence-corrected chi connectivity index (χ2v) is 4.87. The van der Waals surface area contributed by atoms with Crippen LogP contribution in [-0.4, -0.2) is 41.5 Å². The summed E-state index contributed by atoms with van der Waals surface area (Å²) in [5.74, 6) is -0.576. The molecule has 19 heavy (non-hydrogen) atoms. The van der Waals surface area contributed by atoms with Crippen molar-refractivity contribution in [1.29, 1.82) is 0 Å². The first-order valence-corrected chi connectivity index (χ1v) is 6.84. The summed E-state index contributed by atoms with van der Waals surface area (Å²) in [5.41, 5.74) is 0.340. The van der Waals surface area contributed by atoms with Gasteiger partial charge >= 0.3 is 0 Å². The largest absolute Gasteiger partial charge is 0.336 e. The fraction of sp³-hybridized carbons (Fsp3) is 0.571. The SMILES string of the molecule is CCCN(C(=O)c1cncc(F)c1)C1CCNCC1. The van der Waals surface area contributed by atoms with Crippen molar-refractivity contribution >= 4 is 5.91 Å². The van der Waals surface area contributed by atoms with Crippen molar-refractivity contribution in [2.24, 2.45) is 0 Å². The third-order valence-corrected chi connectivity index (χ3v) is 3.43. The monoisotopic (exact) mass is 265 g/mol. The van der Waals surface area contributed by atoms with Gasteiger partial charge in [-0.3, -0.25) is 9.78 Å². The van der Waals surface area contributed by atoms with E-state index in [1.807, 2.05) is 11.8 Å². The maximum atomic E-state index is 13.2. The predicted octanol–water partition coefficient (Wildman–Crippen LogP) is 1.82. The van der Waals surface area contributed by atoms with Crippen molar-refractivity contribution in [1.82, 2.24) is 15.2 Å². The highest BCUT2D eigenvalue weighted by Crippen LogP contribution is 2.16. The van der Waals surface area contributed by atoms with Crippen molar-refractivity contribution in [3.8, 4) is 0 Å². The Hall–Kier alpha value is -1.49. The maximum absolute atomic E-state index is 13.2. The molecule has 0 unspecified atom stereocenters. The number of nitrogens with one attached hydrogen (secondary N) is 1. The molecule has 1 aliphatic rings. The molecular formula is C14H20FN3O. The zero-order chi connectivity index (χ0) is 13.7. The van der Waals surface area contributed by atoms with Gasteiger partial charge in [0.15, 0.2) is 0 Å². The summed E-state index contributed by atoms with van der Waals surface area (Å²) >= 11 is 0. The number of piperidine rings is 1. The van der Waals surface area contributed by atoms with E-state index in [0.717, 1.165) is 38.5 Å². The Kier molecular flexibility index (Phi) is 4.85. The van der Waals surface area contributed by atoms with Gasteiger partial charge in [-0.2, -0.15) is 0 Å². The minimum Gasteiger partial charge on any atom is -0.336 e. The zero-order valence-corrected chi connectivity index (χ0v) is 11.2. The summed E-state index contributed by atoms with van der Waals surface area (Å²) in [5, 5.41) is 3.29. The molecule has 0 spiro atoms. The van der Waals surface area contributed by atoms with Gasteiger partial charge in [0.2, 0.25) is 0 Å². The lowest BCUT2D eigenvalue weighted by atomic mass is 10.0. The standard InChI is InChI=1S/C14H20FN3O/c1-2-7-18(13-3-5-16-6-4-13)14(19)11-8-12(15)10-17-9-11/h8-10,13,16H,2-7H2,1H3. The molecule has 1 aromatic rings. The maximum Gasteiger partial charge on any atom is 0.255 e. The van der Waals surface area contributed by atoms with Crippen molar-refractivity contribution in [2.75, 3.05) is 19.6 Å². The van der Waals surface area contributed by atoms with Crippen LogP contribution in [0.25, 0.3) is 0 Å². The van der Waals surface area contributed by atoms with Crippen molar-refractivity contribution in [3.05, 3.63) is 29.8 Å². The number of nitrogens with zero attached hydrogens (tertiary/aromatic N) is 2. The van der Waals surface area contributed by atoms with Crippen LogP contribution in [0.1, 0.15) is 36.5 Å². The fourth-order valence-corrected chi connectivity index (χ4v) is 2.50. The number of halogens is 1. The first kappa shape index (κ1) is 13.9. The molecule has 5 heteroatoms. The van der Waals surface area contributed by atoms with E-state index in [4.69, 9.17) is 0 Å². The molecule has 0 saturated carbocycles. The molecule has 2 rings (SSSR count). The van der Waals surface area contributed by atoms with E-state index in [1.54, 1.807) is 0 Å². The molecule has 0 atom stereocenters. The molecule has 1 aromatic heterocycles. The lowest BCUT2D eigenvalue weighted by Crippen LogP contribution is -2.46. The highest BCUT2D eigenvalue weighted by atomic mass is 19.1. The molecule has 1 fully saturated rings. The Morgan fingerprint density at radius 3 is 2.84 bits per heavy atom. The van der Waals surface area contributed by atoms with Crippen LogP contribution in [-0.2, 0) is 0 Å². The van der Waals surface area contributed by atoms with E-state index in [2.05, 4.69) is 10.3 Å². The third kappa shape index (κ3) is 3.50. The van der Waals surface area contributed by atoms with Crippen LogP contribution in [0.2, 0.25) is 0 Å². The van der Waals surface area contributed by atoms with Gasteiger partial charge in [-0.15, -0.1) is 0 Å². The van der Waals surface area contributed by atoms with Crippen LogP contribution in [0.5, 0.6) is 0 Å². The summed E-state index contributed by atoms with van der Waals surface area (Å²) in [6, 6.07) is 1.51. The van der Waals surface area contributed by atoms with Crippen molar-refractivity contribution in [3.63, 3.8) is 0 Å². The van der Waals surface area contributed by atoms with Crippen LogP contribution in [0.3, 0.4) is 0 Å². The summed E-state index contributed by atoms with van der Waals surface area (Å²) in [6.45, 7) is 4.62. The van der Waals surface area contributed by atoms with Crippen LogP contribution < -0.4 is 5.32 Å². The number of carbonyl (C=O) groups excluding carboxylic acids is 1. The Labute approximate surface area is 113 Å². The molecule has 1 N–H and O–H groups in total. The normalized spacial score (nSPS) is 16.3. The third-order valence-electron chi connectivity index (χ3n) is 3.43. The second kappa shape index (κ2) is 6.61. The summed E-state index contributed by atoms with van der Waals surface area (Å²) in [4.78, 5) is 18.1. The summed E-state index contributed by atoms with van der Waals surface area (Å²) in [7, 11) is 0. The number of hydrogen-bond acceptors (Lipinski definition) is 3. The molecule has 2 heterocycles. The summed E-state index contributed by atoms with van der Waals surface area (Å²) in [6.07, 6.45) is 5.36. The van der Waals surface area contributed by atoms with Gasteiger partial charge < -0.3 is 10.2 Å². The van der Waals surface area contributed by atoms with Gasteiger partial charge in [0.1, 0.15) is 5.82 Å². The molecule has 0 radical (unpaired) electrons. The van der Waals surface area contributed by atoms with E-state index >= 15 is 0 Å². The smallest absolute Gasteiger partial charge is 0.255 e. The molecule has 104 valence electrons. The highest BCUT2D eigenvalue weighted by molar-refractivity contribution is 5.94. The van der Waals surface area contributed by atoms with E-state index in [0.29, 0.717) is 12.1 Å². The number of rotatable bonds is 4. The van der Waals surface area contributed by atoms with Crippen LogP contribution in [0, 0.1) is 5.82 Å². The zero-order valence-electron chi connectivity index (χ0n) is 11.2. The van der Waals surface area contributed by atoms with Gasteiger partial charge in [-0.05, 0) is 38.4 Å². The number of pyridine rings is 1. The predicted molar refractivity (Wildman–Crippen MR) is 71.4 cm³/mol. The lowest BCUT2D eigenvalue weighted by Gasteiger charge is -2.34. The van der Waals surface area contributed by atoms with Gasteiger partial charge in [0.05, 0.1) is 11.8 Å². The van der Waals surface area contributed by atoms with Crippen LogP contribution in [0.4, 0.5) is 4.39 Å². The molecular weight excluding hydrogens is 245 g/mol. The first-order chi connectivity index (χ1) is 9.22. The number of amides is 1. The Morgan fingerprint density at radius 2 is 2.21 bits per heavy atom. The molecule has 0 aliphatic carbocycles. The van der Waals surface area contributed by atoms with Gasteiger partial charge in [0, 0.05) is 18.8 Å². The Balaban J connectivity index is 2.15. The van der Waals surface area contributed by atoms with E-state index in [-0.39, 0.29) is 11.9 Å². The second-order valence-electron chi connectivity index (χ2n) is 4.87. The molecule has 0 aromatic carbocycles. The lowest BCUT2D eigenvalue weighted by molar-refractivity contribution is 0.0641. The average molecular weight is 265 g/mol. The molecule has 1 saturated heterocycles.